The number of carboxylic acid groups (broad SMARTS) is 1. The fourth-order valence-corrected chi connectivity index (χ4v) is 5.06. The van der Waals surface area contributed by atoms with Gasteiger partial charge in [-0.3, -0.25) is 0 Å². The lowest BCUT2D eigenvalue weighted by Crippen LogP contribution is -2.35. The van der Waals surface area contributed by atoms with Gasteiger partial charge in [0.25, 0.3) is 0 Å². The standard InChI is InChI=1S/C13H21NO4S2/c1-5-9(3)7-14(6-2)20(17,18)12-10(4)8-19-11(12)13(15)16/h8-9H,5-7H2,1-4H3,(H,15,16). The monoisotopic (exact) mass is 319 g/mol. The Morgan fingerprint density at radius 1 is 1.45 bits per heavy atom. The van der Waals surface area contributed by atoms with Gasteiger partial charge in [-0.2, -0.15) is 4.31 Å². The Morgan fingerprint density at radius 3 is 2.50 bits per heavy atom. The van der Waals surface area contributed by atoms with Crippen LogP contribution in [0.1, 0.15) is 42.4 Å². The van der Waals surface area contributed by atoms with Gasteiger partial charge in [-0.1, -0.05) is 27.2 Å². The van der Waals surface area contributed by atoms with E-state index in [1.807, 2.05) is 13.8 Å². The summed E-state index contributed by atoms with van der Waals surface area (Å²) in [5.74, 6) is -0.960. The number of hydrogen-bond acceptors (Lipinski definition) is 4. The minimum absolute atomic E-state index is 0.0554. The van der Waals surface area contributed by atoms with Crippen molar-refractivity contribution in [3.63, 3.8) is 0 Å². The number of rotatable bonds is 7. The van der Waals surface area contributed by atoms with Crippen LogP contribution in [0.4, 0.5) is 0 Å². The fraction of sp³-hybridized carbons (Fsp3) is 0.615. The predicted molar refractivity (Wildman–Crippen MR) is 79.9 cm³/mol. The molecule has 1 heterocycles. The molecule has 1 N–H and O–H groups in total. The van der Waals surface area contributed by atoms with Gasteiger partial charge in [-0.25, -0.2) is 13.2 Å². The quantitative estimate of drug-likeness (QED) is 0.838. The molecule has 1 aromatic rings. The summed E-state index contributed by atoms with van der Waals surface area (Å²) in [6.45, 7) is 8.13. The summed E-state index contributed by atoms with van der Waals surface area (Å²) in [4.78, 5) is 11.0. The lowest BCUT2D eigenvalue weighted by molar-refractivity contribution is 0.0698. The minimum Gasteiger partial charge on any atom is -0.477 e. The van der Waals surface area contributed by atoms with Gasteiger partial charge in [0, 0.05) is 13.1 Å². The summed E-state index contributed by atoms with van der Waals surface area (Å²) in [6, 6.07) is 0. The highest BCUT2D eigenvalue weighted by atomic mass is 32.2. The van der Waals surface area contributed by atoms with Crippen molar-refractivity contribution in [1.29, 1.82) is 0 Å². The highest BCUT2D eigenvalue weighted by molar-refractivity contribution is 7.89. The molecule has 0 aliphatic rings. The van der Waals surface area contributed by atoms with Crippen molar-refractivity contribution >= 4 is 27.3 Å². The fourth-order valence-electron chi connectivity index (χ4n) is 1.90. The molecule has 0 radical (unpaired) electrons. The van der Waals surface area contributed by atoms with Gasteiger partial charge in [-0.05, 0) is 23.8 Å². The van der Waals surface area contributed by atoms with E-state index in [0.29, 0.717) is 18.7 Å². The second-order valence-electron chi connectivity index (χ2n) is 4.85. The van der Waals surface area contributed by atoms with Gasteiger partial charge in [0.1, 0.15) is 9.77 Å². The van der Waals surface area contributed by atoms with Crippen molar-refractivity contribution in [2.45, 2.75) is 39.0 Å². The van der Waals surface area contributed by atoms with E-state index < -0.39 is 16.0 Å². The normalized spacial score (nSPS) is 13.7. The molecule has 0 spiro atoms. The van der Waals surface area contributed by atoms with Crippen molar-refractivity contribution in [3.05, 3.63) is 15.8 Å². The summed E-state index contributed by atoms with van der Waals surface area (Å²) in [7, 11) is -3.76. The summed E-state index contributed by atoms with van der Waals surface area (Å²) in [6.07, 6.45) is 0.875. The van der Waals surface area contributed by atoms with Gasteiger partial charge < -0.3 is 5.11 Å². The third kappa shape index (κ3) is 3.39. The molecule has 20 heavy (non-hydrogen) atoms. The first-order chi connectivity index (χ1) is 9.25. The van der Waals surface area contributed by atoms with E-state index in [9.17, 15) is 13.2 Å². The van der Waals surface area contributed by atoms with Crippen LogP contribution in [-0.2, 0) is 10.0 Å². The maximum absolute atomic E-state index is 12.7. The Hall–Kier alpha value is -0.920. The smallest absolute Gasteiger partial charge is 0.347 e. The average molecular weight is 319 g/mol. The van der Waals surface area contributed by atoms with Crippen LogP contribution in [0.5, 0.6) is 0 Å². The van der Waals surface area contributed by atoms with Gasteiger partial charge in [0.05, 0.1) is 0 Å². The maximum Gasteiger partial charge on any atom is 0.347 e. The van der Waals surface area contributed by atoms with Crippen molar-refractivity contribution in [3.8, 4) is 0 Å². The zero-order valence-electron chi connectivity index (χ0n) is 12.2. The van der Waals surface area contributed by atoms with Crippen molar-refractivity contribution in [2.75, 3.05) is 13.1 Å². The average Bonchev–Trinajstić information content (AvgIpc) is 2.78. The highest BCUT2D eigenvalue weighted by Gasteiger charge is 2.31. The number of aryl methyl sites for hydroxylation is 1. The van der Waals surface area contributed by atoms with Crippen LogP contribution >= 0.6 is 11.3 Å². The Kier molecular flexibility index (Phi) is 5.73. The molecule has 5 nitrogen and oxygen atoms in total. The molecule has 1 unspecified atom stereocenters. The van der Waals surface area contributed by atoms with E-state index >= 15 is 0 Å². The van der Waals surface area contributed by atoms with Gasteiger partial charge >= 0.3 is 5.97 Å². The van der Waals surface area contributed by atoms with Crippen molar-refractivity contribution in [1.82, 2.24) is 4.31 Å². The van der Waals surface area contributed by atoms with Crippen LogP contribution in [0, 0.1) is 12.8 Å². The zero-order valence-corrected chi connectivity index (χ0v) is 13.8. The molecule has 0 saturated carbocycles. The number of aromatic carboxylic acids is 1. The first kappa shape index (κ1) is 17.1. The van der Waals surface area contributed by atoms with E-state index in [2.05, 4.69) is 0 Å². The number of carboxylic acids is 1. The van der Waals surface area contributed by atoms with Crippen LogP contribution < -0.4 is 0 Å². The second kappa shape index (κ2) is 6.69. The first-order valence-electron chi connectivity index (χ1n) is 6.57. The van der Waals surface area contributed by atoms with Crippen molar-refractivity contribution in [2.24, 2.45) is 5.92 Å². The summed E-state index contributed by atoms with van der Waals surface area (Å²) in [5.41, 5.74) is 0.495. The van der Waals surface area contributed by atoms with E-state index in [4.69, 9.17) is 5.11 Å². The summed E-state index contributed by atoms with van der Waals surface area (Å²) >= 11 is 0.958. The van der Waals surface area contributed by atoms with E-state index in [0.717, 1.165) is 17.8 Å². The topological polar surface area (TPSA) is 74.7 Å². The molecular formula is C13H21NO4S2. The molecule has 0 aromatic carbocycles. The molecule has 1 atom stereocenters. The lowest BCUT2D eigenvalue weighted by atomic mass is 10.1. The Bertz CT molecular complexity index is 577. The molecule has 1 aromatic heterocycles. The number of hydrogen-bond donors (Lipinski definition) is 1. The zero-order chi connectivity index (χ0) is 15.5. The Balaban J connectivity index is 3.27. The van der Waals surface area contributed by atoms with Crippen LogP contribution in [0.15, 0.2) is 10.3 Å². The molecule has 1 rings (SSSR count). The molecular weight excluding hydrogens is 298 g/mol. The van der Waals surface area contributed by atoms with Crippen LogP contribution in [0.25, 0.3) is 0 Å². The number of sulfonamides is 1. The largest absolute Gasteiger partial charge is 0.477 e. The molecule has 7 heteroatoms. The second-order valence-corrected chi connectivity index (χ2v) is 7.61. The summed E-state index contributed by atoms with van der Waals surface area (Å²) in [5, 5.41) is 10.7. The van der Waals surface area contributed by atoms with Gasteiger partial charge in [-0.15, -0.1) is 11.3 Å². The SMILES string of the molecule is CCC(C)CN(CC)S(=O)(=O)c1c(C)csc1C(=O)O. The number of nitrogens with zero attached hydrogens (tertiary/aromatic N) is 1. The van der Waals surface area contributed by atoms with Crippen LogP contribution in [0.3, 0.4) is 0 Å². The van der Waals surface area contributed by atoms with E-state index in [-0.39, 0.29) is 15.7 Å². The molecule has 0 amide bonds. The van der Waals surface area contributed by atoms with E-state index in [1.165, 1.54) is 4.31 Å². The molecule has 0 bridgehead atoms. The van der Waals surface area contributed by atoms with Gasteiger partial charge in [0.2, 0.25) is 10.0 Å². The van der Waals surface area contributed by atoms with Gasteiger partial charge in [0.15, 0.2) is 0 Å². The molecule has 0 aliphatic carbocycles. The maximum atomic E-state index is 12.7. The highest BCUT2D eigenvalue weighted by Crippen LogP contribution is 2.30. The summed E-state index contributed by atoms with van der Waals surface area (Å²) < 4.78 is 26.7. The Morgan fingerprint density at radius 2 is 2.05 bits per heavy atom. The molecule has 0 saturated heterocycles. The third-order valence-corrected chi connectivity index (χ3v) is 6.62. The van der Waals surface area contributed by atoms with E-state index in [1.54, 1.807) is 19.2 Å². The molecule has 0 aliphatic heterocycles. The predicted octanol–water partition coefficient (Wildman–Crippen LogP) is 2.81. The Labute approximate surface area is 124 Å². The first-order valence-corrected chi connectivity index (χ1v) is 8.89. The van der Waals surface area contributed by atoms with Crippen molar-refractivity contribution < 1.29 is 18.3 Å². The minimum atomic E-state index is -3.76. The van der Waals surface area contributed by atoms with Crippen LogP contribution in [-0.4, -0.2) is 36.9 Å². The third-order valence-electron chi connectivity index (χ3n) is 3.27. The number of thiophene rings is 1. The molecule has 114 valence electrons. The number of carbonyl (C=O) groups is 1. The van der Waals surface area contributed by atoms with Crippen LogP contribution in [0.2, 0.25) is 0 Å². The molecule has 0 fully saturated rings. The lowest BCUT2D eigenvalue weighted by Gasteiger charge is -2.23.